The van der Waals surface area contributed by atoms with Gasteiger partial charge in [0.25, 0.3) is 0 Å². The van der Waals surface area contributed by atoms with Crippen LogP contribution in [-0.2, 0) is 0 Å². The Balaban J connectivity index is 2.67. The summed E-state index contributed by atoms with van der Waals surface area (Å²) in [5.41, 5.74) is 0.983. The SMILES string of the molecule is CCCC(C)C(CCCC(C)C(C)(CC)CCC(C)(C)CCC1C(CC)CCCC1CCC)CC(CC)CC. The average Bonchev–Trinajstić information content (AvgIpc) is 2.92. The summed E-state index contributed by atoms with van der Waals surface area (Å²) < 4.78 is 0. The topological polar surface area (TPSA) is 0 Å². The van der Waals surface area contributed by atoms with Gasteiger partial charge < -0.3 is 0 Å². The summed E-state index contributed by atoms with van der Waals surface area (Å²) in [5.74, 6) is 6.64. The lowest BCUT2D eigenvalue weighted by molar-refractivity contribution is 0.0963. The molecule has 39 heavy (non-hydrogen) atoms. The van der Waals surface area contributed by atoms with E-state index in [-0.39, 0.29) is 0 Å². The molecule has 0 aliphatic heterocycles. The second-order valence-electron chi connectivity index (χ2n) is 15.8. The van der Waals surface area contributed by atoms with Crippen molar-refractivity contribution in [2.45, 2.75) is 198 Å². The summed E-state index contributed by atoms with van der Waals surface area (Å²) in [6.45, 7) is 27.5. The van der Waals surface area contributed by atoms with Crippen LogP contribution in [0.4, 0.5) is 0 Å². The number of hydrogen-bond donors (Lipinski definition) is 0. The van der Waals surface area contributed by atoms with Gasteiger partial charge in [-0.15, -0.1) is 0 Å². The fourth-order valence-corrected chi connectivity index (χ4v) is 8.65. The monoisotopic (exact) mass is 547 g/mol. The van der Waals surface area contributed by atoms with Gasteiger partial charge in [0, 0.05) is 0 Å². The summed E-state index contributed by atoms with van der Waals surface area (Å²) in [5, 5.41) is 0. The highest BCUT2D eigenvalue weighted by atomic mass is 14.4. The van der Waals surface area contributed by atoms with Gasteiger partial charge in [-0.05, 0) is 84.4 Å². The molecular weight excluding hydrogens is 468 g/mol. The molecule has 0 aromatic rings. The van der Waals surface area contributed by atoms with Gasteiger partial charge in [-0.2, -0.15) is 0 Å². The van der Waals surface area contributed by atoms with Crippen LogP contribution in [0.25, 0.3) is 0 Å². The zero-order valence-electron chi connectivity index (χ0n) is 29.5. The number of hydrogen-bond acceptors (Lipinski definition) is 0. The molecule has 0 bridgehead atoms. The van der Waals surface area contributed by atoms with Crippen molar-refractivity contribution in [2.24, 2.45) is 52.3 Å². The quantitative estimate of drug-likeness (QED) is 0.127. The van der Waals surface area contributed by atoms with Crippen LogP contribution in [0.1, 0.15) is 198 Å². The van der Waals surface area contributed by atoms with E-state index in [0.29, 0.717) is 10.8 Å². The summed E-state index contributed by atoms with van der Waals surface area (Å²) >= 11 is 0. The van der Waals surface area contributed by atoms with Crippen LogP contribution in [0, 0.1) is 52.3 Å². The van der Waals surface area contributed by atoms with Gasteiger partial charge in [-0.3, -0.25) is 0 Å². The largest absolute Gasteiger partial charge is 0.0654 e. The van der Waals surface area contributed by atoms with Gasteiger partial charge in [0.1, 0.15) is 0 Å². The lowest BCUT2D eigenvalue weighted by atomic mass is 9.64. The standard InChI is InChI=1S/C39H78/c1-12-20-31(7)36(30-33(14-3)15-4)25-18-22-32(8)39(11,17-6)29-28-38(9,10)27-26-37-34(16-5)23-19-24-35(37)21-13-2/h31-37H,12-30H2,1-11H3. The minimum Gasteiger partial charge on any atom is -0.0654 e. The van der Waals surface area contributed by atoms with Gasteiger partial charge in [-0.1, -0.05) is 166 Å². The molecule has 1 rings (SSSR count). The van der Waals surface area contributed by atoms with Crippen molar-refractivity contribution in [1.29, 1.82) is 0 Å². The van der Waals surface area contributed by atoms with Crippen molar-refractivity contribution < 1.29 is 0 Å². The molecule has 0 nitrogen and oxygen atoms in total. The van der Waals surface area contributed by atoms with Crippen molar-refractivity contribution in [3.8, 4) is 0 Å². The molecular formula is C39H78. The smallest absolute Gasteiger partial charge is 0.0303 e. The molecule has 0 aromatic heterocycles. The first-order chi connectivity index (χ1) is 18.5. The predicted molar refractivity (Wildman–Crippen MR) is 179 cm³/mol. The molecule has 0 spiro atoms. The van der Waals surface area contributed by atoms with E-state index in [9.17, 15) is 0 Å². The van der Waals surface area contributed by atoms with E-state index >= 15 is 0 Å². The van der Waals surface area contributed by atoms with Crippen LogP contribution in [0.5, 0.6) is 0 Å². The third-order valence-electron chi connectivity index (χ3n) is 12.6. The first-order valence-corrected chi connectivity index (χ1v) is 18.5. The van der Waals surface area contributed by atoms with E-state index in [2.05, 4.69) is 76.2 Å². The maximum atomic E-state index is 2.64. The van der Waals surface area contributed by atoms with Gasteiger partial charge >= 0.3 is 0 Å². The van der Waals surface area contributed by atoms with Gasteiger partial charge in [0.15, 0.2) is 0 Å². The summed E-state index contributed by atoms with van der Waals surface area (Å²) in [4.78, 5) is 0. The zero-order valence-corrected chi connectivity index (χ0v) is 29.5. The van der Waals surface area contributed by atoms with Gasteiger partial charge in [0.2, 0.25) is 0 Å². The molecule has 0 heterocycles. The molecule has 0 N–H and O–H groups in total. The van der Waals surface area contributed by atoms with E-state index in [1.165, 1.54) is 122 Å². The second kappa shape index (κ2) is 19.2. The Morgan fingerprint density at radius 2 is 1.38 bits per heavy atom. The Labute approximate surface area is 250 Å². The number of rotatable bonds is 22. The Hall–Kier alpha value is 0. The molecule has 1 fully saturated rings. The summed E-state index contributed by atoms with van der Waals surface area (Å²) in [6.07, 6.45) is 27.2. The highest BCUT2D eigenvalue weighted by molar-refractivity contribution is 4.86. The lowest BCUT2D eigenvalue weighted by Gasteiger charge is -2.41. The molecule has 7 atom stereocenters. The predicted octanol–water partition coefficient (Wildman–Crippen LogP) is 13.9. The lowest BCUT2D eigenvalue weighted by Crippen LogP contribution is -2.30. The first kappa shape index (κ1) is 37.0. The zero-order chi connectivity index (χ0) is 29.5. The molecule has 1 saturated carbocycles. The first-order valence-electron chi connectivity index (χ1n) is 18.5. The van der Waals surface area contributed by atoms with E-state index < -0.39 is 0 Å². The molecule has 0 heteroatoms. The van der Waals surface area contributed by atoms with Crippen molar-refractivity contribution >= 4 is 0 Å². The Kier molecular flexibility index (Phi) is 18.3. The second-order valence-corrected chi connectivity index (χ2v) is 15.8. The fraction of sp³-hybridized carbons (Fsp3) is 1.00. The van der Waals surface area contributed by atoms with Crippen LogP contribution < -0.4 is 0 Å². The Morgan fingerprint density at radius 1 is 0.718 bits per heavy atom. The maximum absolute atomic E-state index is 2.64. The van der Waals surface area contributed by atoms with Crippen molar-refractivity contribution in [2.75, 3.05) is 0 Å². The van der Waals surface area contributed by atoms with E-state index in [1.54, 1.807) is 0 Å². The van der Waals surface area contributed by atoms with Crippen LogP contribution in [0.3, 0.4) is 0 Å². The molecule has 7 unspecified atom stereocenters. The Morgan fingerprint density at radius 3 is 1.95 bits per heavy atom. The van der Waals surface area contributed by atoms with Crippen LogP contribution >= 0.6 is 0 Å². The van der Waals surface area contributed by atoms with Crippen LogP contribution in [0.15, 0.2) is 0 Å². The average molecular weight is 547 g/mol. The molecule has 0 radical (unpaired) electrons. The van der Waals surface area contributed by atoms with Crippen LogP contribution in [-0.4, -0.2) is 0 Å². The third kappa shape index (κ3) is 12.8. The summed E-state index contributed by atoms with van der Waals surface area (Å²) in [6, 6.07) is 0. The molecule has 0 aromatic carbocycles. The minimum atomic E-state index is 0.485. The molecule has 0 saturated heterocycles. The van der Waals surface area contributed by atoms with Gasteiger partial charge in [0.05, 0.1) is 0 Å². The summed E-state index contributed by atoms with van der Waals surface area (Å²) in [7, 11) is 0. The highest BCUT2D eigenvalue weighted by Gasteiger charge is 2.35. The molecule has 1 aliphatic rings. The molecule has 1 aliphatic carbocycles. The highest BCUT2D eigenvalue weighted by Crippen LogP contribution is 2.46. The maximum Gasteiger partial charge on any atom is -0.0303 e. The van der Waals surface area contributed by atoms with Crippen LogP contribution in [0.2, 0.25) is 0 Å². The van der Waals surface area contributed by atoms with E-state index in [4.69, 9.17) is 0 Å². The fourth-order valence-electron chi connectivity index (χ4n) is 8.65. The van der Waals surface area contributed by atoms with Crippen molar-refractivity contribution in [3.63, 3.8) is 0 Å². The van der Waals surface area contributed by atoms with Crippen molar-refractivity contribution in [1.82, 2.24) is 0 Å². The minimum absolute atomic E-state index is 0.485. The van der Waals surface area contributed by atoms with Gasteiger partial charge in [-0.25, -0.2) is 0 Å². The normalized spacial score (nSPS) is 24.5. The Bertz CT molecular complexity index is 583. The van der Waals surface area contributed by atoms with E-state index in [0.717, 1.165) is 41.4 Å². The van der Waals surface area contributed by atoms with E-state index in [1.807, 2.05) is 0 Å². The third-order valence-corrected chi connectivity index (χ3v) is 12.6. The molecule has 0 amide bonds. The van der Waals surface area contributed by atoms with Crippen molar-refractivity contribution in [3.05, 3.63) is 0 Å². The molecule has 234 valence electrons.